The first kappa shape index (κ1) is 20.3. The number of esters is 2. The minimum Gasteiger partial charge on any atom is -0.466 e. The van der Waals surface area contributed by atoms with E-state index in [9.17, 15) is 9.59 Å². The molecule has 0 bridgehead atoms. The van der Waals surface area contributed by atoms with Crippen LogP contribution in [-0.4, -0.2) is 25.2 Å². The van der Waals surface area contributed by atoms with Crippen LogP contribution in [0.15, 0.2) is 0 Å². The average Bonchev–Trinajstić information content (AvgIpc) is 2.63. The highest BCUT2D eigenvalue weighted by Gasteiger charge is 2.55. The summed E-state index contributed by atoms with van der Waals surface area (Å²) in [5.41, 5.74) is -0.759. The Hall–Kier alpha value is -1.06. The summed E-state index contributed by atoms with van der Waals surface area (Å²) >= 11 is 0. The van der Waals surface area contributed by atoms with E-state index in [2.05, 4.69) is 0 Å². The van der Waals surface area contributed by atoms with Gasteiger partial charge in [0, 0.05) is 0 Å². The summed E-state index contributed by atoms with van der Waals surface area (Å²) in [4.78, 5) is 26.1. The predicted molar refractivity (Wildman–Crippen MR) is 98.0 cm³/mol. The zero-order valence-corrected chi connectivity index (χ0v) is 16.4. The topological polar surface area (TPSA) is 52.6 Å². The highest BCUT2D eigenvalue weighted by molar-refractivity contribution is 5.85. The fraction of sp³-hybridized carbons (Fsp3) is 0.905. The van der Waals surface area contributed by atoms with E-state index in [1.807, 2.05) is 20.8 Å². The molecule has 0 aromatic carbocycles. The molecule has 0 spiro atoms. The first-order valence-corrected chi connectivity index (χ1v) is 10.4. The van der Waals surface area contributed by atoms with Crippen molar-refractivity contribution in [1.29, 1.82) is 0 Å². The molecule has 0 amide bonds. The molecule has 4 heteroatoms. The van der Waals surface area contributed by atoms with Gasteiger partial charge in [0.15, 0.2) is 0 Å². The van der Waals surface area contributed by atoms with Crippen LogP contribution in [0.1, 0.15) is 85.0 Å². The van der Waals surface area contributed by atoms with Crippen molar-refractivity contribution >= 4 is 11.9 Å². The lowest BCUT2D eigenvalue weighted by Gasteiger charge is -2.45. The van der Waals surface area contributed by atoms with E-state index in [1.54, 1.807) is 0 Å². The van der Waals surface area contributed by atoms with Crippen LogP contribution in [0.3, 0.4) is 0 Å². The number of carbonyl (C=O) groups excluding carboxylic acids is 2. The van der Waals surface area contributed by atoms with Gasteiger partial charge in [-0.05, 0) is 58.3 Å². The number of ether oxygens (including phenoxy) is 2. The molecule has 0 aromatic rings. The van der Waals surface area contributed by atoms with Gasteiger partial charge >= 0.3 is 11.9 Å². The summed E-state index contributed by atoms with van der Waals surface area (Å²) in [5.74, 6) is -0.281. The number of carbonyl (C=O) groups is 2. The van der Waals surface area contributed by atoms with E-state index in [0.29, 0.717) is 13.2 Å². The van der Waals surface area contributed by atoms with Gasteiger partial charge in [-0.25, -0.2) is 0 Å². The molecule has 2 aliphatic carbocycles. The Morgan fingerprint density at radius 1 is 0.880 bits per heavy atom. The number of hydrogen-bond donors (Lipinski definition) is 0. The average molecular weight is 353 g/mol. The maximum atomic E-state index is 13.1. The molecular formula is C21H36O4. The molecular weight excluding hydrogens is 316 g/mol. The van der Waals surface area contributed by atoms with Crippen LogP contribution < -0.4 is 0 Å². The van der Waals surface area contributed by atoms with E-state index in [4.69, 9.17) is 9.47 Å². The van der Waals surface area contributed by atoms with Crippen LogP contribution in [-0.2, 0) is 19.1 Å². The second kappa shape index (κ2) is 9.59. The summed E-state index contributed by atoms with van der Waals surface area (Å²) in [5, 5.41) is 0. The Labute approximate surface area is 153 Å². The first-order chi connectivity index (χ1) is 12.1. The molecule has 0 heterocycles. The third-order valence-corrected chi connectivity index (χ3v) is 6.48. The molecule has 2 saturated carbocycles. The van der Waals surface area contributed by atoms with Gasteiger partial charge in [-0.15, -0.1) is 0 Å². The van der Waals surface area contributed by atoms with Crippen molar-refractivity contribution in [3.8, 4) is 0 Å². The Kier molecular flexibility index (Phi) is 7.77. The Bertz CT molecular complexity index is 435. The monoisotopic (exact) mass is 352 g/mol. The highest BCUT2D eigenvalue weighted by atomic mass is 16.5. The van der Waals surface area contributed by atoms with Crippen molar-refractivity contribution in [2.24, 2.45) is 23.2 Å². The van der Waals surface area contributed by atoms with Crippen molar-refractivity contribution in [2.75, 3.05) is 13.2 Å². The van der Waals surface area contributed by atoms with Gasteiger partial charge in [-0.2, -0.15) is 0 Å². The third kappa shape index (κ3) is 4.57. The maximum absolute atomic E-state index is 13.1. The highest BCUT2D eigenvalue weighted by Crippen LogP contribution is 2.50. The SMILES string of the molecule is CCOC(=O)C(C1CCCCC1)C(C)(C(=O)OCC)C1CCCCC1. The standard InChI is InChI=1S/C21H36O4/c1-4-24-19(22)18(16-12-8-6-9-13-16)21(3,20(23)25-5-2)17-14-10-7-11-15-17/h16-18H,4-15H2,1-3H3. The minimum atomic E-state index is -0.759. The summed E-state index contributed by atoms with van der Waals surface area (Å²) in [6.07, 6.45) is 11.1. The maximum Gasteiger partial charge on any atom is 0.312 e. The van der Waals surface area contributed by atoms with Crippen molar-refractivity contribution < 1.29 is 19.1 Å². The molecule has 2 unspecified atom stereocenters. The molecule has 0 radical (unpaired) electrons. The molecule has 2 aliphatic rings. The molecule has 2 fully saturated rings. The summed E-state index contributed by atoms with van der Waals surface area (Å²) in [6, 6.07) is 0. The van der Waals surface area contributed by atoms with Crippen LogP contribution in [0.25, 0.3) is 0 Å². The number of hydrogen-bond acceptors (Lipinski definition) is 4. The molecule has 25 heavy (non-hydrogen) atoms. The van der Waals surface area contributed by atoms with Crippen LogP contribution in [0.2, 0.25) is 0 Å². The van der Waals surface area contributed by atoms with Crippen molar-refractivity contribution in [3.05, 3.63) is 0 Å². The molecule has 4 nitrogen and oxygen atoms in total. The Morgan fingerprint density at radius 2 is 1.40 bits per heavy atom. The normalized spacial score (nSPS) is 23.5. The van der Waals surface area contributed by atoms with E-state index in [1.165, 1.54) is 12.8 Å². The predicted octanol–water partition coefficient (Wildman–Crippen LogP) is 4.90. The Morgan fingerprint density at radius 3 is 1.92 bits per heavy atom. The summed E-state index contributed by atoms with van der Waals surface area (Å²) in [7, 11) is 0. The lowest BCUT2D eigenvalue weighted by Crippen LogP contribution is -2.51. The molecule has 0 saturated heterocycles. The number of rotatable bonds is 7. The van der Waals surface area contributed by atoms with Gasteiger partial charge in [0.25, 0.3) is 0 Å². The van der Waals surface area contributed by atoms with Gasteiger partial charge < -0.3 is 9.47 Å². The fourth-order valence-electron chi connectivity index (χ4n) is 5.16. The molecule has 2 rings (SSSR count). The van der Waals surface area contributed by atoms with E-state index >= 15 is 0 Å². The van der Waals surface area contributed by atoms with Crippen molar-refractivity contribution in [1.82, 2.24) is 0 Å². The molecule has 0 N–H and O–H groups in total. The first-order valence-electron chi connectivity index (χ1n) is 10.4. The summed E-state index contributed by atoms with van der Waals surface area (Å²) in [6.45, 7) is 6.42. The van der Waals surface area contributed by atoms with Crippen LogP contribution in [0.5, 0.6) is 0 Å². The molecule has 144 valence electrons. The quantitative estimate of drug-likeness (QED) is 0.612. The molecule has 0 aliphatic heterocycles. The van der Waals surface area contributed by atoms with Crippen LogP contribution >= 0.6 is 0 Å². The van der Waals surface area contributed by atoms with Gasteiger partial charge in [-0.3, -0.25) is 9.59 Å². The summed E-state index contributed by atoms with van der Waals surface area (Å²) < 4.78 is 11.0. The minimum absolute atomic E-state index is 0.185. The second-order valence-corrected chi connectivity index (χ2v) is 7.97. The lowest BCUT2D eigenvalue weighted by molar-refractivity contribution is -0.178. The van der Waals surface area contributed by atoms with Gasteiger partial charge in [0.1, 0.15) is 0 Å². The second-order valence-electron chi connectivity index (χ2n) is 7.97. The van der Waals surface area contributed by atoms with Crippen molar-refractivity contribution in [2.45, 2.75) is 85.0 Å². The smallest absolute Gasteiger partial charge is 0.312 e. The van der Waals surface area contributed by atoms with E-state index in [0.717, 1.165) is 51.4 Å². The zero-order valence-electron chi connectivity index (χ0n) is 16.4. The van der Waals surface area contributed by atoms with Gasteiger partial charge in [0.05, 0.1) is 24.5 Å². The Balaban J connectivity index is 2.38. The van der Waals surface area contributed by atoms with Gasteiger partial charge in [-0.1, -0.05) is 38.5 Å². The van der Waals surface area contributed by atoms with E-state index in [-0.39, 0.29) is 29.7 Å². The lowest BCUT2D eigenvalue weighted by atomic mass is 9.58. The fourth-order valence-corrected chi connectivity index (χ4v) is 5.16. The third-order valence-electron chi connectivity index (χ3n) is 6.48. The zero-order chi connectivity index (χ0) is 18.3. The van der Waals surface area contributed by atoms with Gasteiger partial charge in [0.2, 0.25) is 0 Å². The van der Waals surface area contributed by atoms with E-state index < -0.39 is 5.41 Å². The largest absolute Gasteiger partial charge is 0.466 e. The molecule has 0 aromatic heterocycles. The van der Waals surface area contributed by atoms with Crippen LogP contribution in [0, 0.1) is 23.2 Å². The van der Waals surface area contributed by atoms with Crippen LogP contribution in [0.4, 0.5) is 0 Å². The van der Waals surface area contributed by atoms with Crippen molar-refractivity contribution in [3.63, 3.8) is 0 Å². The molecule has 2 atom stereocenters.